The summed E-state index contributed by atoms with van der Waals surface area (Å²) in [6.07, 6.45) is 0. The highest BCUT2D eigenvalue weighted by Gasteiger charge is 2.18. The lowest BCUT2D eigenvalue weighted by Crippen LogP contribution is -1.90. The van der Waals surface area contributed by atoms with E-state index in [1.807, 2.05) is 24.3 Å². The second-order valence-electron chi connectivity index (χ2n) is 4.46. The highest BCUT2D eigenvalue weighted by Crippen LogP contribution is 2.40. The van der Waals surface area contributed by atoms with Crippen molar-refractivity contribution >= 4 is 33.3 Å². The summed E-state index contributed by atoms with van der Waals surface area (Å²) in [6, 6.07) is 11.9. The summed E-state index contributed by atoms with van der Waals surface area (Å²) in [4.78, 5) is 0. The van der Waals surface area contributed by atoms with E-state index in [9.17, 15) is 4.39 Å². The van der Waals surface area contributed by atoms with Gasteiger partial charge < -0.3 is 5.73 Å². The SMILES string of the molecule is Nc1n[nH]c(-c2ccccc2Br)c1-c1ccc(F)cc1Cl. The Labute approximate surface area is 134 Å². The van der Waals surface area contributed by atoms with Crippen LogP contribution >= 0.6 is 27.5 Å². The average Bonchev–Trinajstić information content (AvgIpc) is 2.81. The van der Waals surface area contributed by atoms with Crippen molar-refractivity contribution in [2.75, 3.05) is 5.73 Å². The van der Waals surface area contributed by atoms with Crippen LogP contribution in [0.5, 0.6) is 0 Å². The van der Waals surface area contributed by atoms with Gasteiger partial charge in [-0.3, -0.25) is 5.10 Å². The van der Waals surface area contributed by atoms with Crippen molar-refractivity contribution in [2.45, 2.75) is 0 Å². The molecule has 3 aromatic rings. The first-order chi connectivity index (χ1) is 10.1. The number of halogens is 3. The van der Waals surface area contributed by atoms with Crippen LogP contribution < -0.4 is 5.73 Å². The molecule has 0 aliphatic carbocycles. The van der Waals surface area contributed by atoms with Gasteiger partial charge in [-0.2, -0.15) is 5.10 Å². The Hall–Kier alpha value is -1.85. The minimum atomic E-state index is -0.395. The third-order valence-electron chi connectivity index (χ3n) is 3.14. The fraction of sp³-hybridized carbons (Fsp3) is 0. The molecule has 106 valence electrons. The maximum absolute atomic E-state index is 13.2. The molecule has 0 atom stereocenters. The number of aromatic amines is 1. The molecule has 0 saturated carbocycles. The number of H-pyrrole nitrogens is 1. The van der Waals surface area contributed by atoms with E-state index >= 15 is 0 Å². The van der Waals surface area contributed by atoms with Crippen molar-refractivity contribution in [1.29, 1.82) is 0 Å². The lowest BCUT2D eigenvalue weighted by molar-refractivity contribution is 0.628. The monoisotopic (exact) mass is 365 g/mol. The summed E-state index contributed by atoms with van der Waals surface area (Å²) in [5.74, 6) is -0.0810. The van der Waals surface area contributed by atoms with Crippen LogP contribution in [0, 0.1) is 5.82 Å². The predicted octanol–water partition coefficient (Wildman–Crippen LogP) is 4.88. The van der Waals surface area contributed by atoms with Crippen LogP contribution in [0.1, 0.15) is 0 Å². The molecular formula is C15H10BrClFN3. The third kappa shape index (κ3) is 2.54. The van der Waals surface area contributed by atoms with Crippen LogP contribution in [-0.4, -0.2) is 10.2 Å². The normalized spacial score (nSPS) is 10.8. The van der Waals surface area contributed by atoms with Crippen molar-refractivity contribution in [3.63, 3.8) is 0 Å². The van der Waals surface area contributed by atoms with E-state index in [0.29, 0.717) is 16.9 Å². The number of aromatic nitrogens is 2. The van der Waals surface area contributed by atoms with E-state index < -0.39 is 5.82 Å². The summed E-state index contributed by atoms with van der Waals surface area (Å²) in [7, 11) is 0. The second-order valence-corrected chi connectivity index (χ2v) is 5.72. The average molecular weight is 367 g/mol. The van der Waals surface area contributed by atoms with Gasteiger partial charge >= 0.3 is 0 Å². The largest absolute Gasteiger partial charge is 0.382 e. The highest BCUT2D eigenvalue weighted by atomic mass is 79.9. The quantitative estimate of drug-likeness (QED) is 0.679. The lowest BCUT2D eigenvalue weighted by atomic mass is 10.0. The van der Waals surface area contributed by atoms with E-state index in [-0.39, 0.29) is 5.02 Å². The summed E-state index contributed by atoms with van der Waals surface area (Å²) < 4.78 is 14.1. The smallest absolute Gasteiger partial charge is 0.153 e. The molecule has 0 bridgehead atoms. The molecule has 0 radical (unpaired) electrons. The molecule has 1 heterocycles. The zero-order valence-corrected chi connectivity index (χ0v) is 13.0. The molecule has 0 aliphatic heterocycles. The molecule has 21 heavy (non-hydrogen) atoms. The van der Waals surface area contributed by atoms with E-state index in [1.54, 1.807) is 6.07 Å². The molecule has 0 fully saturated rings. The van der Waals surface area contributed by atoms with Gasteiger partial charge in [-0.05, 0) is 24.3 Å². The van der Waals surface area contributed by atoms with Crippen LogP contribution in [0.2, 0.25) is 5.02 Å². The van der Waals surface area contributed by atoms with Crippen LogP contribution in [0.25, 0.3) is 22.4 Å². The summed E-state index contributed by atoms with van der Waals surface area (Å²) in [5, 5.41) is 7.26. The molecular weight excluding hydrogens is 357 g/mol. The molecule has 0 spiro atoms. The van der Waals surface area contributed by atoms with Crippen LogP contribution in [0.3, 0.4) is 0 Å². The summed E-state index contributed by atoms with van der Waals surface area (Å²) >= 11 is 9.64. The van der Waals surface area contributed by atoms with Crippen molar-refractivity contribution < 1.29 is 4.39 Å². The number of nitrogens with two attached hydrogens (primary N) is 1. The van der Waals surface area contributed by atoms with Gasteiger partial charge in [-0.1, -0.05) is 45.7 Å². The van der Waals surface area contributed by atoms with Gasteiger partial charge in [0.15, 0.2) is 5.82 Å². The molecule has 6 heteroatoms. The fourth-order valence-electron chi connectivity index (χ4n) is 2.18. The van der Waals surface area contributed by atoms with Crippen LogP contribution in [0.4, 0.5) is 10.2 Å². The number of hydrogen-bond donors (Lipinski definition) is 2. The summed E-state index contributed by atoms with van der Waals surface area (Å²) in [5.41, 5.74) is 8.88. The van der Waals surface area contributed by atoms with Gasteiger partial charge in [0.2, 0.25) is 0 Å². The van der Waals surface area contributed by atoms with E-state index in [1.165, 1.54) is 12.1 Å². The molecule has 1 aromatic heterocycles. The fourth-order valence-corrected chi connectivity index (χ4v) is 2.92. The van der Waals surface area contributed by atoms with Crippen LogP contribution in [-0.2, 0) is 0 Å². The van der Waals surface area contributed by atoms with Gasteiger partial charge in [0, 0.05) is 15.6 Å². The Morgan fingerprint density at radius 2 is 1.90 bits per heavy atom. The Kier molecular flexibility index (Phi) is 3.69. The molecule has 2 aromatic carbocycles. The maximum atomic E-state index is 13.2. The van der Waals surface area contributed by atoms with E-state index in [4.69, 9.17) is 17.3 Å². The zero-order chi connectivity index (χ0) is 15.0. The molecule has 0 saturated heterocycles. The zero-order valence-electron chi connectivity index (χ0n) is 10.7. The summed E-state index contributed by atoms with van der Waals surface area (Å²) in [6.45, 7) is 0. The Morgan fingerprint density at radius 1 is 1.14 bits per heavy atom. The Morgan fingerprint density at radius 3 is 2.62 bits per heavy atom. The number of nitrogens with one attached hydrogen (secondary N) is 1. The van der Waals surface area contributed by atoms with E-state index in [0.717, 1.165) is 15.7 Å². The minimum absolute atomic E-state index is 0.288. The highest BCUT2D eigenvalue weighted by molar-refractivity contribution is 9.10. The number of benzene rings is 2. The first-order valence-corrected chi connectivity index (χ1v) is 7.29. The maximum Gasteiger partial charge on any atom is 0.153 e. The third-order valence-corrected chi connectivity index (χ3v) is 4.14. The van der Waals surface area contributed by atoms with Gasteiger partial charge in [-0.15, -0.1) is 0 Å². The molecule has 3 nitrogen and oxygen atoms in total. The molecule has 0 amide bonds. The molecule has 0 aliphatic rings. The van der Waals surface area contributed by atoms with Gasteiger partial charge in [0.25, 0.3) is 0 Å². The molecule has 0 unspecified atom stereocenters. The first-order valence-electron chi connectivity index (χ1n) is 6.12. The lowest BCUT2D eigenvalue weighted by Gasteiger charge is -2.08. The topological polar surface area (TPSA) is 54.7 Å². The van der Waals surface area contributed by atoms with Crippen molar-refractivity contribution in [3.8, 4) is 22.4 Å². The van der Waals surface area contributed by atoms with Crippen LogP contribution in [0.15, 0.2) is 46.9 Å². The number of anilines is 1. The molecule has 3 rings (SSSR count). The number of hydrogen-bond acceptors (Lipinski definition) is 2. The minimum Gasteiger partial charge on any atom is -0.382 e. The first kappa shape index (κ1) is 14.1. The number of nitrogens with zero attached hydrogens (tertiary/aromatic N) is 1. The Balaban J connectivity index is 2.25. The Bertz CT molecular complexity index is 816. The molecule has 3 N–H and O–H groups in total. The standard InChI is InChI=1S/C15H10BrClFN3/c16-11-4-2-1-3-9(11)14-13(15(19)21-20-14)10-6-5-8(18)7-12(10)17/h1-7H,(H3,19,20,21). The van der Waals surface area contributed by atoms with Gasteiger partial charge in [0.1, 0.15) is 5.82 Å². The van der Waals surface area contributed by atoms with Crippen molar-refractivity contribution in [1.82, 2.24) is 10.2 Å². The van der Waals surface area contributed by atoms with E-state index in [2.05, 4.69) is 26.1 Å². The second kappa shape index (κ2) is 5.50. The predicted molar refractivity (Wildman–Crippen MR) is 86.5 cm³/mol. The van der Waals surface area contributed by atoms with Gasteiger partial charge in [-0.25, -0.2) is 4.39 Å². The van der Waals surface area contributed by atoms with Crippen molar-refractivity contribution in [3.05, 3.63) is 57.8 Å². The number of nitrogen functional groups attached to an aromatic ring is 1. The van der Waals surface area contributed by atoms with Gasteiger partial charge in [0.05, 0.1) is 16.3 Å². The number of rotatable bonds is 2. The van der Waals surface area contributed by atoms with Crippen molar-refractivity contribution in [2.24, 2.45) is 0 Å².